The summed E-state index contributed by atoms with van der Waals surface area (Å²) >= 11 is 0. The van der Waals surface area contributed by atoms with E-state index in [9.17, 15) is 9.59 Å². The normalized spacial score (nSPS) is 23.9. The topological polar surface area (TPSA) is 68.7 Å². The number of urea groups is 1. The summed E-state index contributed by atoms with van der Waals surface area (Å²) in [5, 5.41) is 0. The molecule has 4 rings (SSSR count). The number of anilines is 1. The van der Waals surface area contributed by atoms with E-state index in [1.807, 2.05) is 31.2 Å². The van der Waals surface area contributed by atoms with Crippen LogP contribution < -0.4 is 9.64 Å². The van der Waals surface area contributed by atoms with Gasteiger partial charge >= 0.3 is 6.03 Å². The van der Waals surface area contributed by atoms with Crippen LogP contribution in [0.15, 0.2) is 29.3 Å². The Bertz CT molecular complexity index is 825. The van der Waals surface area contributed by atoms with E-state index in [0.717, 1.165) is 56.2 Å². The Morgan fingerprint density at radius 1 is 1.10 bits per heavy atom. The lowest BCUT2D eigenvalue weighted by Crippen LogP contribution is -2.65. The number of fused-ring (bicyclic) bond motifs is 3. The van der Waals surface area contributed by atoms with Crippen molar-refractivity contribution in [2.45, 2.75) is 51.7 Å². The maximum Gasteiger partial charge on any atom is 0.328 e. The molecule has 30 heavy (non-hydrogen) atoms. The van der Waals surface area contributed by atoms with Gasteiger partial charge in [0.25, 0.3) is 5.91 Å². The highest BCUT2D eigenvalue weighted by molar-refractivity contribution is 6.07. The zero-order valence-corrected chi connectivity index (χ0v) is 18.1. The van der Waals surface area contributed by atoms with E-state index >= 15 is 0 Å². The van der Waals surface area contributed by atoms with Crippen molar-refractivity contribution in [3.63, 3.8) is 0 Å². The number of guanidine groups is 1. The molecular weight excluding hydrogens is 382 g/mol. The van der Waals surface area contributed by atoms with Gasteiger partial charge in [-0.05, 0) is 50.5 Å². The second-order valence-electron chi connectivity index (χ2n) is 8.00. The molecule has 0 saturated carbocycles. The summed E-state index contributed by atoms with van der Waals surface area (Å²) in [4.78, 5) is 38.4. The second kappa shape index (κ2) is 8.53. The van der Waals surface area contributed by atoms with Gasteiger partial charge in [-0.2, -0.15) is 0 Å². The number of unbranched alkanes of at least 4 members (excludes halogenated alkanes) is 1. The molecule has 0 aliphatic carbocycles. The molecule has 0 spiro atoms. The number of nitrogens with zero attached hydrogens (tertiary/aromatic N) is 5. The van der Waals surface area contributed by atoms with Gasteiger partial charge in [0.2, 0.25) is 5.96 Å². The smallest absolute Gasteiger partial charge is 0.328 e. The van der Waals surface area contributed by atoms with Crippen molar-refractivity contribution in [1.82, 2.24) is 14.7 Å². The summed E-state index contributed by atoms with van der Waals surface area (Å²) in [6.45, 7) is 6.72. The number of aliphatic imine (C=N–C) groups is 1. The van der Waals surface area contributed by atoms with Gasteiger partial charge < -0.3 is 19.4 Å². The number of rotatable bonds is 6. The predicted octanol–water partition coefficient (Wildman–Crippen LogP) is 2.75. The Kier molecular flexibility index (Phi) is 5.83. The van der Waals surface area contributed by atoms with Crippen molar-refractivity contribution in [1.29, 1.82) is 0 Å². The molecule has 3 heterocycles. The minimum Gasteiger partial charge on any atom is -0.494 e. The van der Waals surface area contributed by atoms with Gasteiger partial charge in [0.05, 0.1) is 6.61 Å². The zero-order valence-electron chi connectivity index (χ0n) is 18.1. The van der Waals surface area contributed by atoms with E-state index in [2.05, 4.69) is 16.7 Å². The highest BCUT2D eigenvalue weighted by Crippen LogP contribution is 2.33. The van der Waals surface area contributed by atoms with Crippen LogP contribution in [0.1, 0.15) is 39.5 Å². The van der Waals surface area contributed by atoms with Gasteiger partial charge in [-0.3, -0.25) is 9.69 Å². The standard InChI is InChI=1S/C22H31N5O3/c1-4-6-13-27-20(28)18-19(24(3)22(27)29)23-21-25(14-7-8-15-26(18)21)16-9-11-17(12-10-16)30-5-2/h9-12,18-19H,4-8,13-15H2,1-3H3. The Balaban J connectivity index is 1.64. The van der Waals surface area contributed by atoms with Crippen LogP contribution in [-0.2, 0) is 4.79 Å². The van der Waals surface area contributed by atoms with Crippen molar-refractivity contribution in [3.05, 3.63) is 24.3 Å². The second-order valence-corrected chi connectivity index (χ2v) is 8.00. The van der Waals surface area contributed by atoms with Crippen LogP contribution >= 0.6 is 0 Å². The van der Waals surface area contributed by atoms with E-state index in [0.29, 0.717) is 13.2 Å². The lowest BCUT2D eigenvalue weighted by atomic mass is 10.1. The lowest BCUT2D eigenvalue weighted by molar-refractivity contribution is -0.137. The van der Waals surface area contributed by atoms with Gasteiger partial charge in [-0.1, -0.05) is 13.3 Å². The minimum absolute atomic E-state index is 0.121. The molecule has 0 aromatic heterocycles. The molecule has 162 valence electrons. The van der Waals surface area contributed by atoms with Gasteiger partial charge in [0.1, 0.15) is 5.75 Å². The number of imide groups is 1. The number of likely N-dealkylation sites (N-methyl/N-ethyl adjacent to an activating group) is 1. The maximum absolute atomic E-state index is 13.3. The molecule has 1 aromatic carbocycles. The number of carbonyl (C=O) groups excluding carboxylic acids is 2. The van der Waals surface area contributed by atoms with Gasteiger partial charge in [-0.25, -0.2) is 9.79 Å². The fraction of sp³-hybridized carbons (Fsp3) is 0.591. The average molecular weight is 414 g/mol. The molecular formula is C22H31N5O3. The Hall–Kier alpha value is -2.77. The predicted molar refractivity (Wildman–Crippen MR) is 116 cm³/mol. The molecule has 0 N–H and O–H groups in total. The third-order valence-electron chi connectivity index (χ3n) is 6.04. The van der Waals surface area contributed by atoms with Crippen molar-refractivity contribution >= 4 is 23.6 Å². The largest absolute Gasteiger partial charge is 0.494 e. The molecule has 0 radical (unpaired) electrons. The summed E-state index contributed by atoms with van der Waals surface area (Å²) in [6.07, 6.45) is 3.28. The third-order valence-corrected chi connectivity index (χ3v) is 6.04. The zero-order chi connectivity index (χ0) is 21.3. The number of benzene rings is 1. The molecule has 2 fully saturated rings. The van der Waals surface area contributed by atoms with E-state index in [1.54, 1.807) is 11.9 Å². The molecule has 2 unspecified atom stereocenters. The highest BCUT2D eigenvalue weighted by atomic mass is 16.5. The monoisotopic (exact) mass is 413 g/mol. The first kappa shape index (κ1) is 20.5. The summed E-state index contributed by atoms with van der Waals surface area (Å²) < 4.78 is 5.57. The maximum atomic E-state index is 13.3. The summed E-state index contributed by atoms with van der Waals surface area (Å²) in [5.74, 6) is 1.50. The third kappa shape index (κ3) is 3.48. The van der Waals surface area contributed by atoms with Crippen LogP contribution in [0, 0.1) is 0 Å². The van der Waals surface area contributed by atoms with Crippen LogP contribution in [0.3, 0.4) is 0 Å². The van der Waals surface area contributed by atoms with E-state index in [1.165, 1.54) is 4.90 Å². The van der Waals surface area contributed by atoms with Gasteiger partial charge in [-0.15, -0.1) is 0 Å². The Morgan fingerprint density at radius 2 is 1.83 bits per heavy atom. The molecule has 3 aliphatic rings. The molecule has 3 aliphatic heterocycles. The van der Waals surface area contributed by atoms with Gasteiger partial charge in [0.15, 0.2) is 12.2 Å². The molecule has 3 amide bonds. The quantitative estimate of drug-likeness (QED) is 0.717. The highest BCUT2D eigenvalue weighted by Gasteiger charge is 2.53. The van der Waals surface area contributed by atoms with E-state index < -0.39 is 12.2 Å². The molecule has 8 nitrogen and oxygen atoms in total. The minimum atomic E-state index is -0.471. The fourth-order valence-corrected chi connectivity index (χ4v) is 4.44. The number of hydrogen-bond donors (Lipinski definition) is 0. The number of carbonyl (C=O) groups is 2. The van der Waals surface area contributed by atoms with Crippen molar-refractivity contribution in [2.75, 3.05) is 38.2 Å². The molecule has 0 bridgehead atoms. The SMILES string of the molecule is CCCCN1C(=O)C2C(N=C3N(c4ccc(OCC)cc4)CCCCN32)N(C)C1=O. The fourth-order valence-electron chi connectivity index (χ4n) is 4.44. The average Bonchev–Trinajstić information content (AvgIpc) is 3.01. The van der Waals surface area contributed by atoms with Crippen LogP contribution in [0.2, 0.25) is 0 Å². The van der Waals surface area contributed by atoms with Crippen LogP contribution in [0.5, 0.6) is 5.75 Å². The van der Waals surface area contributed by atoms with Gasteiger partial charge in [0, 0.05) is 32.4 Å². The van der Waals surface area contributed by atoms with Crippen LogP contribution in [0.4, 0.5) is 10.5 Å². The lowest BCUT2D eigenvalue weighted by Gasteiger charge is -2.41. The van der Waals surface area contributed by atoms with E-state index in [-0.39, 0.29) is 11.9 Å². The first-order chi connectivity index (χ1) is 14.6. The number of hydrogen-bond acceptors (Lipinski definition) is 6. The van der Waals surface area contributed by atoms with Crippen molar-refractivity contribution in [3.8, 4) is 5.75 Å². The number of ether oxygens (including phenoxy) is 1. The van der Waals surface area contributed by atoms with Crippen LogP contribution in [0.25, 0.3) is 0 Å². The molecule has 2 saturated heterocycles. The van der Waals surface area contributed by atoms with E-state index in [4.69, 9.17) is 9.73 Å². The summed E-state index contributed by atoms with van der Waals surface area (Å²) in [6, 6.07) is 7.30. The molecule has 2 atom stereocenters. The van der Waals surface area contributed by atoms with Crippen molar-refractivity contribution < 1.29 is 14.3 Å². The number of amides is 3. The van der Waals surface area contributed by atoms with Crippen molar-refractivity contribution in [2.24, 2.45) is 4.99 Å². The Labute approximate surface area is 178 Å². The summed E-state index contributed by atoms with van der Waals surface area (Å²) in [5.41, 5.74) is 1.02. The molecule has 1 aromatic rings. The molecule has 8 heteroatoms. The Morgan fingerprint density at radius 3 is 2.53 bits per heavy atom. The first-order valence-electron chi connectivity index (χ1n) is 11.0. The van der Waals surface area contributed by atoms with Crippen LogP contribution in [-0.4, -0.2) is 78.1 Å². The first-order valence-corrected chi connectivity index (χ1v) is 11.0. The summed E-state index contributed by atoms with van der Waals surface area (Å²) in [7, 11) is 1.75.